The minimum absolute atomic E-state index is 0. The summed E-state index contributed by atoms with van der Waals surface area (Å²) >= 11 is 0. The molecule has 0 atom stereocenters. The first-order chi connectivity index (χ1) is 0. The maximum Gasteiger partial charge on any atom is 2.00 e. The predicted molar refractivity (Wildman–Crippen MR) is 16.1 cm³/mol. The summed E-state index contributed by atoms with van der Waals surface area (Å²) in [6.07, 6.45) is 0. The van der Waals surface area contributed by atoms with Crippen LogP contribution in [0.3, 0.4) is 0 Å². The normalized spacial score (nSPS) is 0. The molecule has 0 saturated heterocycles. The van der Waals surface area contributed by atoms with Gasteiger partial charge in [0.05, 0.1) is 0 Å². The zero-order valence-corrected chi connectivity index (χ0v) is 8.34. The van der Waals surface area contributed by atoms with Gasteiger partial charge in [0.1, 0.15) is 0 Å². The Kier molecular flexibility index (Phi) is 136. The Balaban J connectivity index is 0. The number of hydrogen-bond donors (Lipinski definition) is 0. The van der Waals surface area contributed by atoms with Gasteiger partial charge in [0.15, 0.2) is 0 Å². The SMILES string of the molecule is S.[Br-].[Br-].[Ca+2]. The van der Waals surface area contributed by atoms with E-state index in [0.717, 1.165) is 0 Å². The van der Waals surface area contributed by atoms with Crippen LogP contribution in [0.2, 0.25) is 0 Å². The maximum absolute atomic E-state index is 0. The van der Waals surface area contributed by atoms with Crippen LogP contribution in [0, 0.1) is 0 Å². The Morgan fingerprint density at radius 3 is 0.750 bits per heavy atom. The van der Waals surface area contributed by atoms with Crippen LogP contribution >= 0.6 is 13.5 Å². The summed E-state index contributed by atoms with van der Waals surface area (Å²) in [6, 6.07) is 0. The summed E-state index contributed by atoms with van der Waals surface area (Å²) in [5.74, 6) is 0. The van der Waals surface area contributed by atoms with E-state index < -0.39 is 0 Å². The van der Waals surface area contributed by atoms with Gasteiger partial charge < -0.3 is 34.0 Å². The van der Waals surface area contributed by atoms with Crippen molar-refractivity contribution in [3.63, 3.8) is 0 Å². The van der Waals surface area contributed by atoms with Crippen molar-refractivity contribution < 1.29 is 34.0 Å². The summed E-state index contributed by atoms with van der Waals surface area (Å²) in [5.41, 5.74) is 0. The Morgan fingerprint density at radius 2 is 0.750 bits per heavy atom. The average Bonchev–Trinajstić information content (AvgIpc) is 0. The van der Waals surface area contributed by atoms with Crippen LogP contribution in [0.15, 0.2) is 0 Å². The molecule has 4 heavy (non-hydrogen) atoms. The van der Waals surface area contributed by atoms with Crippen LogP contribution in [0.25, 0.3) is 0 Å². The number of hydrogen-bond acceptors (Lipinski definition) is 0. The Labute approximate surface area is 83.7 Å². The fraction of sp³-hybridized carbons (Fsp3) is 0. The van der Waals surface area contributed by atoms with Crippen molar-refractivity contribution in [2.75, 3.05) is 0 Å². The molecule has 0 bridgehead atoms. The van der Waals surface area contributed by atoms with E-state index in [4.69, 9.17) is 0 Å². The van der Waals surface area contributed by atoms with E-state index in [0.29, 0.717) is 0 Å². The second kappa shape index (κ2) is 17.6. The molecule has 0 rings (SSSR count). The Morgan fingerprint density at radius 1 is 0.750 bits per heavy atom. The number of rotatable bonds is 0. The molecular weight excluding hydrogens is 232 g/mol. The van der Waals surface area contributed by atoms with Gasteiger partial charge in [-0.25, -0.2) is 0 Å². The molecule has 0 unspecified atom stereocenters. The molecule has 0 aliphatic rings. The standard InChI is InChI=1S/2BrH.Ca.H2S/h2*1H;;1H2/q;;+2;/p-2. The molecule has 0 aliphatic carbocycles. The summed E-state index contributed by atoms with van der Waals surface area (Å²) in [5, 5.41) is 0. The van der Waals surface area contributed by atoms with Gasteiger partial charge in [0.25, 0.3) is 0 Å². The van der Waals surface area contributed by atoms with Crippen LogP contribution in [0.1, 0.15) is 0 Å². The van der Waals surface area contributed by atoms with Crippen LogP contribution in [0.4, 0.5) is 0 Å². The summed E-state index contributed by atoms with van der Waals surface area (Å²) in [7, 11) is 0. The van der Waals surface area contributed by atoms with Gasteiger partial charge in [-0.3, -0.25) is 0 Å². The average molecular weight is 234 g/mol. The van der Waals surface area contributed by atoms with E-state index in [-0.39, 0.29) is 85.2 Å². The molecule has 4 heteroatoms. The van der Waals surface area contributed by atoms with Gasteiger partial charge in [-0.15, -0.1) is 0 Å². The van der Waals surface area contributed by atoms with E-state index in [1.165, 1.54) is 0 Å². The van der Waals surface area contributed by atoms with Gasteiger partial charge >= 0.3 is 37.7 Å². The topological polar surface area (TPSA) is 0 Å². The molecule has 0 aromatic heterocycles. The molecule has 0 radical (unpaired) electrons. The second-order valence-electron chi connectivity index (χ2n) is 0. The van der Waals surface area contributed by atoms with E-state index >= 15 is 0 Å². The van der Waals surface area contributed by atoms with E-state index in [1.54, 1.807) is 0 Å². The summed E-state index contributed by atoms with van der Waals surface area (Å²) in [4.78, 5) is 0. The minimum Gasteiger partial charge on any atom is -1.00 e. The first-order valence-corrected chi connectivity index (χ1v) is 0. The molecule has 0 saturated carbocycles. The van der Waals surface area contributed by atoms with Gasteiger partial charge in [-0.05, 0) is 0 Å². The molecule has 0 heterocycles. The van der Waals surface area contributed by atoms with E-state index in [9.17, 15) is 0 Å². The van der Waals surface area contributed by atoms with Crippen LogP contribution < -0.4 is 34.0 Å². The maximum atomic E-state index is 0. The van der Waals surface area contributed by atoms with E-state index in [2.05, 4.69) is 0 Å². The molecule has 0 N–H and O–H groups in total. The van der Waals surface area contributed by atoms with Crippen molar-refractivity contribution in [3.05, 3.63) is 0 Å². The number of halogens is 2. The first kappa shape index (κ1) is 30.9. The van der Waals surface area contributed by atoms with Gasteiger partial charge in [0, 0.05) is 0 Å². The van der Waals surface area contributed by atoms with Gasteiger partial charge in [-0.1, -0.05) is 0 Å². The van der Waals surface area contributed by atoms with Crippen LogP contribution in [0.5, 0.6) is 0 Å². The monoisotopic (exact) mass is 232 g/mol. The molecule has 0 aromatic rings. The molecule has 0 aliphatic heterocycles. The molecular formula is H2Br2CaS. The molecule has 0 fully saturated rings. The van der Waals surface area contributed by atoms with Gasteiger partial charge in [-0.2, -0.15) is 13.5 Å². The van der Waals surface area contributed by atoms with E-state index in [1.807, 2.05) is 0 Å². The Bertz CT molecular complexity index is 6.00. The Hall–Kier alpha value is 2.57. The third-order valence-electron chi connectivity index (χ3n) is 0. The zero-order chi connectivity index (χ0) is 0. The van der Waals surface area contributed by atoms with Crippen molar-refractivity contribution in [3.8, 4) is 0 Å². The molecule has 0 aromatic carbocycles. The second-order valence-corrected chi connectivity index (χ2v) is 0. The largest absolute Gasteiger partial charge is 2.00 e. The van der Waals surface area contributed by atoms with Crippen LogP contribution in [-0.2, 0) is 0 Å². The van der Waals surface area contributed by atoms with Crippen molar-refractivity contribution in [1.29, 1.82) is 0 Å². The van der Waals surface area contributed by atoms with Crippen molar-refractivity contribution >= 4 is 51.2 Å². The zero-order valence-electron chi connectivity index (χ0n) is 1.96. The van der Waals surface area contributed by atoms with Crippen molar-refractivity contribution in [2.24, 2.45) is 0 Å². The van der Waals surface area contributed by atoms with Crippen LogP contribution in [-0.4, -0.2) is 37.7 Å². The fourth-order valence-corrected chi connectivity index (χ4v) is 0. The third kappa shape index (κ3) is 8.82. The molecule has 0 spiro atoms. The molecule has 24 valence electrons. The first-order valence-electron chi connectivity index (χ1n) is 0. The molecule has 0 nitrogen and oxygen atoms in total. The molecule has 0 amide bonds. The van der Waals surface area contributed by atoms with Gasteiger partial charge in [0.2, 0.25) is 0 Å². The quantitative estimate of drug-likeness (QED) is 0.366. The van der Waals surface area contributed by atoms with Crippen molar-refractivity contribution in [2.45, 2.75) is 0 Å². The minimum atomic E-state index is 0. The van der Waals surface area contributed by atoms with Crippen molar-refractivity contribution in [1.82, 2.24) is 0 Å². The third-order valence-corrected chi connectivity index (χ3v) is 0. The summed E-state index contributed by atoms with van der Waals surface area (Å²) < 4.78 is 0. The predicted octanol–water partition coefficient (Wildman–Crippen LogP) is -6.26. The smallest absolute Gasteiger partial charge is 1.00 e. The summed E-state index contributed by atoms with van der Waals surface area (Å²) in [6.45, 7) is 0. The fourth-order valence-electron chi connectivity index (χ4n) is 0.